The molecule has 1 aliphatic heterocycles. The van der Waals surface area contributed by atoms with Crippen molar-refractivity contribution in [2.24, 2.45) is 0 Å². The van der Waals surface area contributed by atoms with Crippen LogP contribution >= 0.6 is 0 Å². The average molecular weight is 346 g/mol. The molecule has 6 heteroatoms. The minimum Gasteiger partial charge on any atom is -0.481 e. The highest BCUT2D eigenvalue weighted by molar-refractivity contribution is 5.95. The van der Waals surface area contributed by atoms with E-state index in [0.717, 1.165) is 31.6 Å². The molecule has 4 nitrogen and oxygen atoms in total. The lowest BCUT2D eigenvalue weighted by Gasteiger charge is -2.30. The summed E-state index contributed by atoms with van der Waals surface area (Å²) in [6.07, 6.45) is 3.32. The van der Waals surface area contributed by atoms with Gasteiger partial charge in [0.1, 0.15) is 5.82 Å². The summed E-state index contributed by atoms with van der Waals surface area (Å²) in [5.74, 6) is -1.42. The van der Waals surface area contributed by atoms with E-state index in [2.05, 4.69) is 10.2 Å². The van der Waals surface area contributed by atoms with Crippen molar-refractivity contribution in [2.75, 3.05) is 29.9 Å². The van der Waals surface area contributed by atoms with Crippen molar-refractivity contribution in [3.8, 4) is 5.75 Å². The van der Waals surface area contributed by atoms with Gasteiger partial charge in [-0.3, -0.25) is 4.79 Å². The second kappa shape index (κ2) is 7.96. The third-order valence-electron chi connectivity index (χ3n) is 4.12. The number of nitrogens with zero attached hydrogens (tertiary/aromatic N) is 1. The number of nitrogens with one attached hydrogen (secondary N) is 1. The molecule has 0 aliphatic carbocycles. The van der Waals surface area contributed by atoms with Gasteiger partial charge in [0.15, 0.2) is 18.2 Å². The van der Waals surface area contributed by atoms with Crippen molar-refractivity contribution in [3.05, 3.63) is 54.1 Å². The molecule has 0 atom stereocenters. The Balaban J connectivity index is 1.68. The number of hydrogen-bond acceptors (Lipinski definition) is 3. The van der Waals surface area contributed by atoms with Crippen molar-refractivity contribution < 1.29 is 18.3 Å². The molecule has 0 bridgehead atoms. The van der Waals surface area contributed by atoms with Crippen molar-refractivity contribution >= 4 is 17.3 Å². The minimum absolute atomic E-state index is 0.00754. The summed E-state index contributed by atoms with van der Waals surface area (Å²) < 4.78 is 32.3. The number of hydrogen-bond donors (Lipinski definition) is 1. The van der Waals surface area contributed by atoms with Crippen LogP contribution in [0, 0.1) is 11.6 Å². The van der Waals surface area contributed by atoms with Gasteiger partial charge < -0.3 is 15.0 Å². The van der Waals surface area contributed by atoms with Gasteiger partial charge in [-0.05, 0) is 49.6 Å². The van der Waals surface area contributed by atoms with Crippen LogP contribution < -0.4 is 15.0 Å². The van der Waals surface area contributed by atoms with Crippen molar-refractivity contribution in [1.29, 1.82) is 0 Å². The summed E-state index contributed by atoms with van der Waals surface area (Å²) in [6, 6.07) is 10.2. The summed E-state index contributed by atoms with van der Waals surface area (Å²) in [5.41, 5.74) is 1.20. The lowest BCUT2D eigenvalue weighted by Crippen LogP contribution is -2.31. The molecule has 0 radical (unpaired) electrons. The molecular weight excluding hydrogens is 326 g/mol. The van der Waals surface area contributed by atoms with Gasteiger partial charge in [-0.25, -0.2) is 8.78 Å². The van der Waals surface area contributed by atoms with Crippen LogP contribution in [-0.4, -0.2) is 25.6 Å². The molecule has 3 rings (SSSR count). The molecule has 132 valence electrons. The van der Waals surface area contributed by atoms with Crippen LogP contribution in [0.25, 0.3) is 0 Å². The third-order valence-corrected chi connectivity index (χ3v) is 4.12. The smallest absolute Gasteiger partial charge is 0.262 e. The molecule has 0 spiro atoms. The lowest BCUT2D eigenvalue weighted by molar-refractivity contribution is -0.118. The van der Waals surface area contributed by atoms with Crippen LogP contribution in [0.3, 0.4) is 0 Å². The molecule has 1 N–H and O–H groups in total. The third kappa shape index (κ3) is 4.47. The molecule has 0 saturated carbocycles. The van der Waals surface area contributed by atoms with E-state index < -0.39 is 17.5 Å². The Labute approximate surface area is 145 Å². The average Bonchev–Trinajstić information content (AvgIpc) is 2.62. The Kier molecular flexibility index (Phi) is 5.48. The normalized spacial score (nSPS) is 14.2. The van der Waals surface area contributed by atoms with E-state index in [1.54, 1.807) is 18.2 Å². The molecule has 1 aliphatic rings. The first-order valence-corrected chi connectivity index (χ1v) is 8.35. The van der Waals surface area contributed by atoms with Crippen molar-refractivity contribution in [2.45, 2.75) is 19.3 Å². The molecule has 1 saturated heterocycles. The van der Waals surface area contributed by atoms with Gasteiger partial charge in [0.2, 0.25) is 0 Å². The van der Waals surface area contributed by atoms with Gasteiger partial charge in [0.25, 0.3) is 5.91 Å². The summed E-state index contributed by atoms with van der Waals surface area (Å²) in [6.45, 7) is 1.40. The van der Waals surface area contributed by atoms with Gasteiger partial charge >= 0.3 is 0 Å². The topological polar surface area (TPSA) is 41.6 Å². The summed E-state index contributed by atoms with van der Waals surface area (Å²) in [5, 5.41) is 2.67. The highest BCUT2D eigenvalue weighted by Gasteiger charge is 2.17. The summed E-state index contributed by atoms with van der Waals surface area (Å²) in [4.78, 5) is 14.3. The van der Waals surface area contributed by atoms with Crippen LogP contribution in [-0.2, 0) is 4.79 Å². The van der Waals surface area contributed by atoms with Gasteiger partial charge in [-0.1, -0.05) is 12.1 Å². The first-order valence-electron chi connectivity index (χ1n) is 8.35. The Bertz CT molecular complexity index is 746. The van der Waals surface area contributed by atoms with E-state index in [-0.39, 0.29) is 12.4 Å². The van der Waals surface area contributed by atoms with E-state index in [0.29, 0.717) is 5.69 Å². The molecule has 0 unspecified atom stereocenters. The van der Waals surface area contributed by atoms with E-state index >= 15 is 0 Å². The van der Waals surface area contributed by atoms with E-state index in [4.69, 9.17) is 4.74 Å². The first-order chi connectivity index (χ1) is 12.1. The highest BCUT2D eigenvalue weighted by Crippen LogP contribution is 2.29. The maximum Gasteiger partial charge on any atom is 0.262 e. The molecule has 1 amide bonds. The van der Waals surface area contributed by atoms with Crippen LogP contribution in [0.15, 0.2) is 42.5 Å². The predicted molar refractivity (Wildman–Crippen MR) is 93.0 cm³/mol. The molecule has 1 heterocycles. The Morgan fingerprint density at radius 1 is 1.08 bits per heavy atom. The monoisotopic (exact) mass is 346 g/mol. The van der Waals surface area contributed by atoms with Gasteiger partial charge in [-0.15, -0.1) is 0 Å². The van der Waals surface area contributed by atoms with Crippen molar-refractivity contribution in [1.82, 2.24) is 0 Å². The SMILES string of the molecule is O=C(COc1ccccc1F)Nc1cc(F)ccc1N1CCCCC1. The molecule has 2 aromatic rings. The van der Waals surface area contributed by atoms with Gasteiger partial charge in [0.05, 0.1) is 11.4 Å². The van der Waals surface area contributed by atoms with Crippen molar-refractivity contribution in [3.63, 3.8) is 0 Å². The van der Waals surface area contributed by atoms with E-state index in [1.165, 1.54) is 30.7 Å². The molecule has 0 aromatic heterocycles. The van der Waals surface area contributed by atoms with Crippen LogP contribution in [0.1, 0.15) is 19.3 Å². The largest absolute Gasteiger partial charge is 0.481 e. The summed E-state index contributed by atoms with van der Waals surface area (Å²) in [7, 11) is 0. The number of piperidine rings is 1. The number of benzene rings is 2. The fourth-order valence-electron chi connectivity index (χ4n) is 2.91. The number of anilines is 2. The van der Waals surface area contributed by atoms with Gasteiger partial charge in [-0.2, -0.15) is 0 Å². The lowest BCUT2D eigenvalue weighted by atomic mass is 10.1. The molecule has 25 heavy (non-hydrogen) atoms. The second-order valence-corrected chi connectivity index (χ2v) is 5.98. The number of halogens is 2. The number of para-hydroxylation sites is 1. The Hall–Kier alpha value is -2.63. The summed E-state index contributed by atoms with van der Waals surface area (Å²) >= 11 is 0. The van der Waals surface area contributed by atoms with E-state index in [9.17, 15) is 13.6 Å². The number of amides is 1. The predicted octanol–water partition coefficient (Wildman–Crippen LogP) is 3.97. The molecule has 2 aromatic carbocycles. The maximum atomic E-state index is 13.6. The number of carbonyl (C=O) groups is 1. The number of ether oxygens (including phenoxy) is 1. The zero-order valence-electron chi connectivity index (χ0n) is 13.8. The zero-order chi connectivity index (χ0) is 17.6. The Morgan fingerprint density at radius 2 is 1.84 bits per heavy atom. The Morgan fingerprint density at radius 3 is 2.60 bits per heavy atom. The number of carbonyl (C=O) groups excluding carboxylic acids is 1. The second-order valence-electron chi connectivity index (χ2n) is 5.98. The zero-order valence-corrected chi connectivity index (χ0v) is 13.8. The number of rotatable bonds is 5. The minimum atomic E-state index is -0.532. The molecular formula is C19H20F2N2O2. The van der Waals surface area contributed by atoms with Crippen LogP contribution in [0.5, 0.6) is 5.75 Å². The van der Waals surface area contributed by atoms with E-state index in [1.807, 2.05) is 0 Å². The fraction of sp³-hybridized carbons (Fsp3) is 0.316. The standard InChI is InChI=1S/C19H20F2N2O2/c20-14-8-9-17(23-10-4-1-5-11-23)16(12-14)22-19(24)13-25-18-7-3-2-6-15(18)21/h2-3,6-9,12H,1,4-5,10-11,13H2,(H,22,24). The first kappa shape index (κ1) is 17.2. The molecule has 1 fully saturated rings. The fourth-order valence-corrected chi connectivity index (χ4v) is 2.91. The van der Waals surface area contributed by atoms with Crippen LogP contribution in [0.4, 0.5) is 20.2 Å². The maximum absolute atomic E-state index is 13.6. The highest BCUT2D eigenvalue weighted by atomic mass is 19.1. The quantitative estimate of drug-likeness (QED) is 0.891. The van der Waals surface area contributed by atoms with Crippen LogP contribution in [0.2, 0.25) is 0 Å². The van der Waals surface area contributed by atoms with Gasteiger partial charge in [0, 0.05) is 13.1 Å².